The van der Waals surface area contributed by atoms with Crippen LogP contribution in [-0.2, 0) is 0 Å². The van der Waals surface area contributed by atoms with E-state index < -0.39 is 0 Å². The van der Waals surface area contributed by atoms with Crippen molar-refractivity contribution in [3.8, 4) is 5.75 Å². The van der Waals surface area contributed by atoms with Crippen LogP contribution in [0.2, 0.25) is 0 Å². The molecule has 0 unspecified atom stereocenters. The van der Waals surface area contributed by atoms with Crippen LogP contribution in [0.3, 0.4) is 0 Å². The van der Waals surface area contributed by atoms with Crippen molar-refractivity contribution in [3.05, 3.63) is 48.4 Å². The van der Waals surface area contributed by atoms with E-state index in [0.29, 0.717) is 11.4 Å². The van der Waals surface area contributed by atoms with Gasteiger partial charge in [-0.1, -0.05) is 12.1 Å². The average molecular weight is 245 g/mol. The highest BCUT2D eigenvalue weighted by atomic mass is 16.5. The molecule has 1 N–H and O–H groups in total. The lowest BCUT2D eigenvalue weighted by molar-refractivity contribution is 0.0996. The van der Waals surface area contributed by atoms with E-state index in [1.54, 1.807) is 18.2 Å². The highest BCUT2D eigenvalue weighted by Gasteiger charge is 2.12. The summed E-state index contributed by atoms with van der Waals surface area (Å²) in [5.74, 6) is 0.626. The Labute approximate surface area is 106 Å². The maximum absolute atomic E-state index is 11.9. The number of rotatable bonds is 4. The Bertz CT molecular complexity index is 518. The molecule has 0 aliphatic carbocycles. The standard InChI is InChI=1S/C14H15NO3/c1-10(2)18-12-7-4-3-6-11(12)15-14(16)13-8-5-9-17-13/h3-10H,1-2H3,(H,15,16). The zero-order valence-electron chi connectivity index (χ0n) is 10.3. The lowest BCUT2D eigenvalue weighted by Gasteiger charge is -2.14. The fraction of sp³-hybridized carbons (Fsp3) is 0.214. The van der Waals surface area contributed by atoms with E-state index in [9.17, 15) is 4.79 Å². The number of para-hydroxylation sites is 2. The van der Waals surface area contributed by atoms with Crippen molar-refractivity contribution in [2.75, 3.05) is 5.32 Å². The van der Waals surface area contributed by atoms with Gasteiger partial charge in [-0.2, -0.15) is 0 Å². The first-order valence-corrected chi connectivity index (χ1v) is 5.77. The summed E-state index contributed by atoms with van der Waals surface area (Å²) in [6.45, 7) is 3.87. The van der Waals surface area contributed by atoms with Gasteiger partial charge in [0, 0.05) is 0 Å². The van der Waals surface area contributed by atoms with Crippen LogP contribution in [-0.4, -0.2) is 12.0 Å². The number of carbonyl (C=O) groups excluding carboxylic acids is 1. The molecule has 0 saturated heterocycles. The lowest BCUT2D eigenvalue weighted by atomic mass is 10.2. The third kappa shape index (κ3) is 2.91. The number of amides is 1. The van der Waals surface area contributed by atoms with Gasteiger partial charge in [-0.25, -0.2) is 0 Å². The minimum Gasteiger partial charge on any atom is -0.489 e. The maximum Gasteiger partial charge on any atom is 0.291 e. The lowest BCUT2D eigenvalue weighted by Crippen LogP contribution is -2.13. The molecule has 0 spiro atoms. The Balaban J connectivity index is 2.16. The van der Waals surface area contributed by atoms with Crippen molar-refractivity contribution in [1.82, 2.24) is 0 Å². The van der Waals surface area contributed by atoms with Crippen LogP contribution in [0.25, 0.3) is 0 Å². The molecule has 0 fully saturated rings. The molecule has 0 atom stereocenters. The summed E-state index contributed by atoms with van der Waals surface area (Å²) in [5, 5.41) is 2.76. The number of ether oxygens (including phenoxy) is 1. The van der Waals surface area contributed by atoms with Crippen LogP contribution in [0.1, 0.15) is 24.4 Å². The zero-order chi connectivity index (χ0) is 13.0. The second-order valence-electron chi connectivity index (χ2n) is 4.09. The van der Waals surface area contributed by atoms with Gasteiger partial charge in [-0.05, 0) is 38.1 Å². The Morgan fingerprint density at radius 1 is 1.22 bits per heavy atom. The molecule has 94 valence electrons. The predicted octanol–water partition coefficient (Wildman–Crippen LogP) is 3.32. The van der Waals surface area contributed by atoms with E-state index >= 15 is 0 Å². The molecule has 0 bridgehead atoms. The molecule has 18 heavy (non-hydrogen) atoms. The predicted molar refractivity (Wildman–Crippen MR) is 68.9 cm³/mol. The molecule has 0 saturated carbocycles. The van der Waals surface area contributed by atoms with Crippen LogP contribution in [0.15, 0.2) is 47.1 Å². The second kappa shape index (κ2) is 5.40. The van der Waals surface area contributed by atoms with Gasteiger partial charge in [0.25, 0.3) is 5.91 Å². The molecule has 1 amide bonds. The van der Waals surface area contributed by atoms with E-state index in [-0.39, 0.29) is 17.8 Å². The Kier molecular flexibility index (Phi) is 3.67. The van der Waals surface area contributed by atoms with E-state index in [1.807, 2.05) is 32.0 Å². The summed E-state index contributed by atoms with van der Waals surface area (Å²) in [4.78, 5) is 11.9. The smallest absolute Gasteiger partial charge is 0.291 e. The number of hydrogen-bond donors (Lipinski definition) is 1. The number of anilines is 1. The fourth-order valence-corrected chi connectivity index (χ4v) is 1.52. The van der Waals surface area contributed by atoms with E-state index in [2.05, 4.69) is 5.32 Å². The van der Waals surface area contributed by atoms with Gasteiger partial charge in [-0.3, -0.25) is 4.79 Å². The molecule has 0 aliphatic rings. The Morgan fingerprint density at radius 3 is 2.67 bits per heavy atom. The van der Waals surface area contributed by atoms with E-state index in [1.165, 1.54) is 6.26 Å². The topological polar surface area (TPSA) is 51.5 Å². The zero-order valence-corrected chi connectivity index (χ0v) is 10.3. The molecule has 4 nitrogen and oxygen atoms in total. The van der Waals surface area contributed by atoms with Crippen LogP contribution < -0.4 is 10.1 Å². The largest absolute Gasteiger partial charge is 0.489 e. The highest BCUT2D eigenvalue weighted by Crippen LogP contribution is 2.25. The van der Waals surface area contributed by atoms with Gasteiger partial charge in [-0.15, -0.1) is 0 Å². The van der Waals surface area contributed by atoms with Crippen LogP contribution in [0, 0.1) is 0 Å². The molecule has 1 aromatic carbocycles. The van der Waals surface area contributed by atoms with Crippen molar-refractivity contribution >= 4 is 11.6 Å². The highest BCUT2D eigenvalue weighted by molar-refractivity contribution is 6.03. The minimum atomic E-state index is -0.292. The number of hydrogen-bond acceptors (Lipinski definition) is 3. The third-order valence-corrected chi connectivity index (χ3v) is 2.24. The first-order valence-electron chi connectivity index (χ1n) is 5.77. The average Bonchev–Trinajstić information content (AvgIpc) is 2.84. The van der Waals surface area contributed by atoms with Gasteiger partial charge < -0.3 is 14.5 Å². The second-order valence-corrected chi connectivity index (χ2v) is 4.09. The molecule has 1 heterocycles. The summed E-state index contributed by atoms with van der Waals surface area (Å²) in [5.41, 5.74) is 0.632. The normalized spacial score (nSPS) is 10.4. The Morgan fingerprint density at radius 2 is 2.00 bits per heavy atom. The van der Waals surface area contributed by atoms with Gasteiger partial charge in [0.15, 0.2) is 5.76 Å². The number of benzene rings is 1. The summed E-state index contributed by atoms with van der Waals surface area (Å²) in [7, 11) is 0. The van der Waals surface area contributed by atoms with Gasteiger partial charge in [0.1, 0.15) is 5.75 Å². The van der Waals surface area contributed by atoms with Gasteiger partial charge in [0.05, 0.1) is 18.1 Å². The first kappa shape index (κ1) is 12.2. The quantitative estimate of drug-likeness (QED) is 0.898. The minimum absolute atomic E-state index is 0.0478. The third-order valence-electron chi connectivity index (χ3n) is 2.24. The monoisotopic (exact) mass is 245 g/mol. The van der Waals surface area contributed by atoms with Crippen molar-refractivity contribution in [1.29, 1.82) is 0 Å². The Hall–Kier alpha value is -2.23. The van der Waals surface area contributed by atoms with Crippen LogP contribution >= 0.6 is 0 Å². The molecule has 1 aromatic heterocycles. The van der Waals surface area contributed by atoms with Crippen molar-refractivity contribution in [3.63, 3.8) is 0 Å². The SMILES string of the molecule is CC(C)Oc1ccccc1NC(=O)c1ccco1. The van der Waals surface area contributed by atoms with E-state index in [4.69, 9.17) is 9.15 Å². The fourth-order valence-electron chi connectivity index (χ4n) is 1.52. The molecule has 0 aliphatic heterocycles. The van der Waals surface area contributed by atoms with Gasteiger partial charge in [0.2, 0.25) is 0 Å². The summed E-state index contributed by atoms with van der Waals surface area (Å²) in [6.07, 6.45) is 1.51. The molecule has 2 aromatic rings. The molecular formula is C14H15NO3. The molecule has 4 heteroatoms. The van der Waals surface area contributed by atoms with Crippen LogP contribution in [0.4, 0.5) is 5.69 Å². The number of nitrogens with one attached hydrogen (secondary N) is 1. The molecule has 2 rings (SSSR count). The van der Waals surface area contributed by atoms with Gasteiger partial charge >= 0.3 is 0 Å². The molecule has 0 radical (unpaired) electrons. The molecular weight excluding hydrogens is 230 g/mol. The summed E-state index contributed by atoms with van der Waals surface area (Å²) < 4.78 is 10.7. The van der Waals surface area contributed by atoms with Crippen molar-refractivity contribution in [2.45, 2.75) is 20.0 Å². The van der Waals surface area contributed by atoms with E-state index in [0.717, 1.165) is 0 Å². The maximum atomic E-state index is 11.9. The van der Waals surface area contributed by atoms with Crippen molar-refractivity contribution < 1.29 is 13.9 Å². The van der Waals surface area contributed by atoms with Crippen LogP contribution in [0.5, 0.6) is 5.75 Å². The first-order chi connectivity index (χ1) is 8.66. The summed E-state index contributed by atoms with van der Waals surface area (Å²) in [6, 6.07) is 10.6. The number of furan rings is 1. The summed E-state index contributed by atoms with van der Waals surface area (Å²) >= 11 is 0. The number of carbonyl (C=O) groups is 1. The van der Waals surface area contributed by atoms with Crippen molar-refractivity contribution in [2.24, 2.45) is 0 Å².